The molecule has 0 spiro atoms. The first kappa shape index (κ1) is 10.4. The summed E-state index contributed by atoms with van der Waals surface area (Å²) in [5, 5.41) is 7.93. The Morgan fingerprint density at radius 2 is 2.23 bits per heavy atom. The van der Waals surface area contributed by atoms with Gasteiger partial charge in [0.25, 0.3) is 0 Å². The zero-order valence-corrected chi connectivity index (χ0v) is 8.58. The first-order valence-corrected chi connectivity index (χ1v) is 4.58. The molecule has 0 aliphatic heterocycles. The summed E-state index contributed by atoms with van der Waals surface area (Å²) in [5.74, 6) is 0. The molecular weight excluding hydrogens is 188 g/mol. The van der Waals surface area contributed by atoms with Gasteiger partial charge < -0.3 is 4.74 Å². The van der Waals surface area contributed by atoms with Crippen molar-refractivity contribution in [2.75, 3.05) is 13.7 Å². The van der Waals surface area contributed by atoms with Crippen LogP contribution in [0.25, 0.3) is 0 Å². The molecule has 1 aromatic rings. The smallest absolute Gasteiger partial charge is 0.0646 e. The average Bonchev–Trinajstić information content (AvgIpc) is 2.09. The predicted octanol–water partition coefficient (Wildman–Crippen LogP) is 1.58. The van der Waals surface area contributed by atoms with E-state index in [0.717, 1.165) is 11.4 Å². The second-order valence-electron chi connectivity index (χ2n) is 2.92. The molecule has 1 heterocycles. The number of halogens is 1. The van der Waals surface area contributed by atoms with Crippen molar-refractivity contribution >= 4 is 11.6 Å². The number of hydrogen-bond donors (Lipinski definition) is 0. The van der Waals surface area contributed by atoms with E-state index >= 15 is 0 Å². The van der Waals surface area contributed by atoms with Crippen LogP contribution in [0.15, 0.2) is 12.1 Å². The van der Waals surface area contributed by atoms with Crippen molar-refractivity contribution < 1.29 is 4.74 Å². The number of rotatable bonds is 4. The molecule has 0 aliphatic rings. The van der Waals surface area contributed by atoms with E-state index in [1.54, 1.807) is 7.11 Å². The van der Waals surface area contributed by atoms with Gasteiger partial charge in [-0.15, -0.1) is 11.6 Å². The molecule has 0 aromatic carbocycles. The minimum absolute atomic E-state index is 0.0259. The Morgan fingerprint density at radius 1 is 1.46 bits per heavy atom. The number of hydrogen-bond acceptors (Lipinski definition) is 3. The minimum atomic E-state index is -0.0259. The summed E-state index contributed by atoms with van der Waals surface area (Å²) in [5.41, 5.74) is 1.82. The van der Waals surface area contributed by atoms with Gasteiger partial charge >= 0.3 is 0 Å². The maximum Gasteiger partial charge on any atom is 0.0646 e. The lowest BCUT2D eigenvalue weighted by Gasteiger charge is -2.06. The van der Waals surface area contributed by atoms with Crippen LogP contribution >= 0.6 is 11.6 Å². The van der Waals surface area contributed by atoms with Crippen LogP contribution in [0.3, 0.4) is 0 Å². The maximum atomic E-state index is 5.96. The number of aryl methyl sites for hydroxylation is 1. The summed E-state index contributed by atoms with van der Waals surface area (Å²) in [6.45, 7) is 2.45. The van der Waals surface area contributed by atoms with E-state index in [1.165, 1.54) is 0 Å². The van der Waals surface area contributed by atoms with Gasteiger partial charge in [0.2, 0.25) is 0 Å². The monoisotopic (exact) mass is 200 g/mol. The summed E-state index contributed by atoms with van der Waals surface area (Å²) >= 11 is 5.96. The van der Waals surface area contributed by atoms with Gasteiger partial charge in [-0.25, -0.2) is 0 Å². The van der Waals surface area contributed by atoms with Crippen molar-refractivity contribution in [2.45, 2.75) is 18.7 Å². The highest BCUT2D eigenvalue weighted by atomic mass is 35.5. The quantitative estimate of drug-likeness (QED) is 0.693. The molecule has 13 heavy (non-hydrogen) atoms. The van der Waals surface area contributed by atoms with Crippen LogP contribution in [0.2, 0.25) is 0 Å². The van der Waals surface area contributed by atoms with E-state index in [4.69, 9.17) is 16.3 Å². The van der Waals surface area contributed by atoms with Gasteiger partial charge in [-0.3, -0.25) is 0 Å². The van der Waals surface area contributed by atoms with Crippen LogP contribution in [0.5, 0.6) is 0 Å². The zero-order chi connectivity index (χ0) is 9.68. The van der Waals surface area contributed by atoms with E-state index in [0.29, 0.717) is 13.0 Å². The third-order valence-corrected chi connectivity index (χ3v) is 1.91. The van der Waals surface area contributed by atoms with Crippen molar-refractivity contribution in [3.8, 4) is 0 Å². The molecular formula is C9H13ClN2O. The third-order valence-electron chi connectivity index (χ3n) is 1.63. The van der Waals surface area contributed by atoms with Crippen LogP contribution < -0.4 is 0 Å². The van der Waals surface area contributed by atoms with Gasteiger partial charge in [-0.2, -0.15) is 10.2 Å². The van der Waals surface area contributed by atoms with Gasteiger partial charge in [0.05, 0.1) is 23.4 Å². The van der Waals surface area contributed by atoms with Gasteiger partial charge in [0.15, 0.2) is 0 Å². The van der Waals surface area contributed by atoms with Gasteiger partial charge in [0.1, 0.15) is 0 Å². The highest BCUT2D eigenvalue weighted by molar-refractivity contribution is 6.20. The second kappa shape index (κ2) is 5.14. The van der Waals surface area contributed by atoms with Crippen molar-refractivity contribution in [1.82, 2.24) is 10.2 Å². The molecule has 1 unspecified atom stereocenters. The largest absolute Gasteiger partial charge is 0.383 e. The van der Waals surface area contributed by atoms with Crippen LogP contribution in [-0.2, 0) is 11.2 Å². The average molecular weight is 201 g/mol. The standard InChI is InChI=1S/C9H13ClN2O/c1-7-3-4-9(12-11-7)5-8(10)6-13-2/h3-4,8H,5-6H2,1-2H3. The second-order valence-corrected chi connectivity index (χ2v) is 3.54. The Balaban J connectivity index is 2.49. The lowest BCUT2D eigenvalue weighted by Crippen LogP contribution is -2.12. The first-order valence-electron chi connectivity index (χ1n) is 4.14. The Bertz CT molecular complexity index is 250. The van der Waals surface area contributed by atoms with Crippen molar-refractivity contribution in [2.24, 2.45) is 0 Å². The van der Waals surface area contributed by atoms with E-state index in [-0.39, 0.29) is 5.38 Å². The molecule has 0 saturated heterocycles. The van der Waals surface area contributed by atoms with E-state index in [9.17, 15) is 0 Å². The number of methoxy groups -OCH3 is 1. The van der Waals surface area contributed by atoms with E-state index in [1.807, 2.05) is 19.1 Å². The SMILES string of the molecule is COCC(Cl)Cc1ccc(C)nn1. The van der Waals surface area contributed by atoms with E-state index < -0.39 is 0 Å². The molecule has 1 rings (SSSR count). The Kier molecular flexibility index (Phi) is 4.12. The van der Waals surface area contributed by atoms with Crippen molar-refractivity contribution in [3.63, 3.8) is 0 Å². The molecule has 0 radical (unpaired) electrons. The van der Waals surface area contributed by atoms with Gasteiger partial charge in [-0.05, 0) is 19.1 Å². The van der Waals surface area contributed by atoms with Gasteiger partial charge in [-0.1, -0.05) is 0 Å². The fourth-order valence-electron chi connectivity index (χ4n) is 1.00. The molecule has 0 saturated carbocycles. The van der Waals surface area contributed by atoms with E-state index in [2.05, 4.69) is 10.2 Å². The van der Waals surface area contributed by atoms with Gasteiger partial charge in [0, 0.05) is 13.5 Å². The Morgan fingerprint density at radius 3 is 2.77 bits per heavy atom. The van der Waals surface area contributed by atoms with Crippen molar-refractivity contribution in [1.29, 1.82) is 0 Å². The molecule has 0 aliphatic carbocycles. The molecule has 4 heteroatoms. The van der Waals surface area contributed by atoms with Crippen LogP contribution in [0.1, 0.15) is 11.4 Å². The van der Waals surface area contributed by atoms with Crippen LogP contribution in [0, 0.1) is 6.92 Å². The van der Waals surface area contributed by atoms with Crippen LogP contribution in [-0.4, -0.2) is 29.3 Å². The first-order chi connectivity index (χ1) is 6.22. The lowest BCUT2D eigenvalue weighted by atomic mass is 10.2. The van der Waals surface area contributed by atoms with Crippen LogP contribution in [0.4, 0.5) is 0 Å². The fourth-order valence-corrected chi connectivity index (χ4v) is 1.29. The summed E-state index contributed by atoms with van der Waals surface area (Å²) in [4.78, 5) is 0. The number of aromatic nitrogens is 2. The predicted molar refractivity (Wildman–Crippen MR) is 52.0 cm³/mol. The number of ether oxygens (including phenoxy) is 1. The minimum Gasteiger partial charge on any atom is -0.383 e. The Labute approximate surface area is 83.1 Å². The summed E-state index contributed by atoms with van der Waals surface area (Å²) in [6, 6.07) is 3.87. The normalized spacial score (nSPS) is 12.8. The maximum absolute atomic E-state index is 5.96. The number of nitrogens with zero attached hydrogens (tertiary/aromatic N) is 2. The molecule has 0 fully saturated rings. The summed E-state index contributed by atoms with van der Waals surface area (Å²) in [7, 11) is 1.64. The summed E-state index contributed by atoms with van der Waals surface area (Å²) in [6.07, 6.45) is 0.697. The molecule has 0 amide bonds. The molecule has 0 bridgehead atoms. The molecule has 1 aromatic heterocycles. The molecule has 72 valence electrons. The third kappa shape index (κ3) is 3.70. The molecule has 1 atom stereocenters. The zero-order valence-electron chi connectivity index (χ0n) is 7.83. The highest BCUT2D eigenvalue weighted by Crippen LogP contribution is 2.05. The summed E-state index contributed by atoms with van der Waals surface area (Å²) < 4.78 is 4.92. The van der Waals surface area contributed by atoms with Crippen molar-refractivity contribution in [3.05, 3.63) is 23.5 Å². The highest BCUT2D eigenvalue weighted by Gasteiger charge is 2.06. The topological polar surface area (TPSA) is 35.0 Å². The Hall–Kier alpha value is -0.670. The molecule has 0 N–H and O–H groups in total. The number of alkyl halides is 1. The fraction of sp³-hybridized carbons (Fsp3) is 0.556. The molecule has 3 nitrogen and oxygen atoms in total. The lowest BCUT2D eigenvalue weighted by molar-refractivity contribution is 0.197.